The van der Waals surface area contributed by atoms with E-state index >= 15 is 0 Å². The van der Waals surface area contributed by atoms with Gasteiger partial charge in [0.05, 0.1) is 0 Å². The third-order valence-electron chi connectivity index (χ3n) is 3.12. The number of aliphatic carboxylic acids is 1. The lowest BCUT2D eigenvalue weighted by atomic mass is 10.1. The first-order valence-corrected chi connectivity index (χ1v) is 6.70. The maximum Gasteiger partial charge on any atom is 0.326 e. The molecule has 1 atom stereocenters. The minimum absolute atomic E-state index is 0.483. The first-order valence-electron chi connectivity index (χ1n) is 6.70. The van der Waals surface area contributed by atoms with E-state index in [-0.39, 0.29) is 0 Å². The lowest BCUT2D eigenvalue weighted by molar-refractivity contribution is -0.138. The molecule has 0 saturated heterocycles. The predicted molar refractivity (Wildman–Crippen MR) is 75.0 cm³/mol. The quantitative estimate of drug-likeness (QED) is 0.688. The molecule has 1 unspecified atom stereocenters. The Labute approximate surface area is 109 Å². The molecule has 0 aromatic heterocycles. The predicted octanol–water partition coefficient (Wildman–Crippen LogP) is 3.83. The fourth-order valence-electron chi connectivity index (χ4n) is 1.96. The van der Waals surface area contributed by atoms with Crippen LogP contribution in [-0.4, -0.2) is 17.1 Å². The molecule has 0 radical (unpaired) electrons. The van der Waals surface area contributed by atoms with Crippen molar-refractivity contribution in [2.24, 2.45) is 0 Å². The Morgan fingerprint density at radius 3 is 2.61 bits per heavy atom. The number of hydrogen-bond acceptors (Lipinski definition) is 2. The van der Waals surface area contributed by atoms with Gasteiger partial charge in [-0.2, -0.15) is 0 Å². The number of anilines is 1. The number of carboxylic acid groups (broad SMARTS) is 1. The number of rotatable bonds is 8. The van der Waals surface area contributed by atoms with E-state index in [1.54, 1.807) is 0 Å². The van der Waals surface area contributed by atoms with Crippen molar-refractivity contribution < 1.29 is 9.90 Å². The summed E-state index contributed by atoms with van der Waals surface area (Å²) in [7, 11) is 0. The smallest absolute Gasteiger partial charge is 0.326 e. The molecule has 0 saturated carbocycles. The summed E-state index contributed by atoms with van der Waals surface area (Å²) in [5.41, 5.74) is 2.00. The van der Waals surface area contributed by atoms with Crippen molar-refractivity contribution in [1.29, 1.82) is 0 Å². The molecule has 1 aromatic carbocycles. The molecule has 0 aliphatic rings. The Bertz CT molecular complexity index is 377. The number of unbranched alkanes of at least 4 members (excludes halogenated alkanes) is 3. The van der Waals surface area contributed by atoms with Crippen molar-refractivity contribution in [2.75, 3.05) is 5.32 Å². The van der Waals surface area contributed by atoms with Crippen LogP contribution in [0.5, 0.6) is 0 Å². The second-order valence-electron chi connectivity index (χ2n) is 4.70. The van der Waals surface area contributed by atoms with Crippen LogP contribution in [0.1, 0.15) is 44.6 Å². The molecule has 3 nitrogen and oxygen atoms in total. The highest BCUT2D eigenvalue weighted by Gasteiger charge is 2.16. The molecule has 0 fully saturated rings. The number of aryl methyl sites for hydroxylation is 1. The van der Waals surface area contributed by atoms with Gasteiger partial charge in [-0.3, -0.25) is 0 Å². The van der Waals surface area contributed by atoms with Crippen LogP contribution in [0.4, 0.5) is 5.69 Å². The third kappa shape index (κ3) is 4.78. The topological polar surface area (TPSA) is 49.3 Å². The molecule has 18 heavy (non-hydrogen) atoms. The van der Waals surface area contributed by atoms with Gasteiger partial charge < -0.3 is 10.4 Å². The van der Waals surface area contributed by atoms with E-state index in [9.17, 15) is 9.90 Å². The van der Waals surface area contributed by atoms with E-state index < -0.39 is 12.0 Å². The van der Waals surface area contributed by atoms with Crippen LogP contribution < -0.4 is 5.32 Å². The molecule has 1 aromatic rings. The number of benzene rings is 1. The van der Waals surface area contributed by atoms with E-state index in [0.29, 0.717) is 6.42 Å². The molecule has 0 spiro atoms. The summed E-state index contributed by atoms with van der Waals surface area (Å²) in [6.07, 6.45) is 5.10. The van der Waals surface area contributed by atoms with Crippen molar-refractivity contribution in [3.8, 4) is 0 Å². The zero-order valence-corrected chi connectivity index (χ0v) is 11.3. The van der Waals surface area contributed by atoms with Gasteiger partial charge in [0.25, 0.3) is 0 Å². The first kappa shape index (κ1) is 14.6. The lowest BCUT2D eigenvalue weighted by Crippen LogP contribution is -2.29. The van der Waals surface area contributed by atoms with Crippen LogP contribution in [0.25, 0.3) is 0 Å². The second kappa shape index (κ2) is 7.75. The van der Waals surface area contributed by atoms with E-state index in [0.717, 1.165) is 24.1 Å². The normalized spacial score (nSPS) is 12.1. The molecular formula is C15H23NO2. The highest BCUT2D eigenvalue weighted by Crippen LogP contribution is 2.17. The molecule has 100 valence electrons. The largest absolute Gasteiger partial charge is 0.480 e. The van der Waals surface area contributed by atoms with Crippen molar-refractivity contribution in [1.82, 2.24) is 0 Å². The van der Waals surface area contributed by atoms with Gasteiger partial charge in [-0.1, -0.05) is 50.8 Å². The van der Waals surface area contributed by atoms with E-state index in [2.05, 4.69) is 12.2 Å². The highest BCUT2D eigenvalue weighted by molar-refractivity contribution is 5.77. The Kier molecular flexibility index (Phi) is 6.26. The molecule has 2 N–H and O–H groups in total. The maximum absolute atomic E-state index is 11.2. The van der Waals surface area contributed by atoms with Crippen LogP contribution in [0.2, 0.25) is 0 Å². The average molecular weight is 249 g/mol. The first-order chi connectivity index (χ1) is 8.65. The van der Waals surface area contributed by atoms with Crippen LogP contribution in [-0.2, 0) is 4.79 Å². The van der Waals surface area contributed by atoms with Gasteiger partial charge in [-0.05, 0) is 25.0 Å². The number of para-hydroxylation sites is 1. The Morgan fingerprint density at radius 2 is 2.00 bits per heavy atom. The van der Waals surface area contributed by atoms with Gasteiger partial charge in [0.2, 0.25) is 0 Å². The van der Waals surface area contributed by atoms with Gasteiger partial charge in [-0.15, -0.1) is 0 Å². The van der Waals surface area contributed by atoms with Crippen molar-refractivity contribution in [3.05, 3.63) is 29.8 Å². The number of nitrogens with one attached hydrogen (secondary N) is 1. The number of carbonyl (C=O) groups is 1. The van der Waals surface area contributed by atoms with Gasteiger partial charge in [0, 0.05) is 5.69 Å². The van der Waals surface area contributed by atoms with Crippen LogP contribution in [0.15, 0.2) is 24.3 Å². The van der Waals surface area contributed by atoms with Crippen LogP contribution >= 0.6 is 0 Å². The zero-order valence-electron chi connectivity index (χ0n) is 11.3. The van der Waals surface area contributed by atoms with Gasteiger partial charge >= 0.3 is 5.97 Å². The van der Waals surface area contributed by atoms with E-state index in [1.165, 1.54) is 12.8 Å². The second-order valence-corrected chi connectivity index (χ2v) is 4.70. The SMILES string of the molecule is CCCCCCC(Nc1ccccc1C)C(=O)O. The maximum atomic E-state index is 11.2. The van der Waals surface area contributed by atoms with Crippen molar-refractivity contribution in [3.63, 3.8) is 0 Å². The fraction of sp³-hybridized carbons (Fsp3) is 0.533. The van der Waals surface area contributed by atoms with Crippen LogP contribution in [0.3, 0.4) is 0 Å². The minimum Gasteiger partial charge on any atom is -0.480 e. The Hall–Kier alpha value is -1.51. The number of hydrogen-bond donors (Lipinski definition) is 2. The molecule has 0 aliphatic heterocycles. The monoisotopic (exact) mass is 249 g/mol. The summed E-state index contributed by atoms with van der Waals surface area (Å²) in [6.45, 7) is 4.14. The standard InChI is InChI=1S/C15H23NO2/c1-3-4-5-6-11-14(15(17)18)16-13-10-8-7-9-12(13)2/h7-10,14,16H,3-6,11H2,1-2H3,(H,17,18). The summed E-state index contributed by atoms with van der Waals surface area (Å²) in [6, 6.07) is 7.31. The Balaban J connectivity index is 2.53. The van der Waals surface area contributed by atoms with Crippen molar-refractivity contribution in [2.45, 2.75) is 52.0 Å². The van der Waals surface area contributed by atoms with Gasteiger partial charge in [0.15, 0.2) is 0 Å². The minimum atomic E-state index is -0.769. The molecule has 3 heteroatoms. The summed E-state index contributed by atoms with van der Waals surface area (Å²) in [5.74, 6) is -0.769. The molecule has 0 aliphatic carbocycles. The summed E-state index contributed by atoms with van der Waals surface area (Å²) in [5, 5.41) is 12.3. The van der Waals surface area contributed by atoms with E-state index in [1.807, 2.05) is 31.2 Å². The molecule has 0 bridgehead atoms. The van der Waals surface area contributed by atoms with Crippen LogP contribution in [0, 0.1) is 6.92 Å². The summed E-state index contributed by atoms with van der Waals surface area (Å²) in [4.78, 5) is 11.2. The summed E-state index contributed by atoms with van der Waals surface area (Å²) < 4.78 is 0. The van der Waals surface area contributed by atoms with Crippen molar-refractivity contribution >= 4 is 11.7 Å². The molecule has 0 amide bonds. The molecule has 1 rings (SSSR count). The lowest BCUT2D eigenvalue weighted by Gasteiger charge is -2.17. The third-order valence-corrected chi connectivity index (χ3v) is 3.12. The van der Waals surface area contributed by atoms with Gasteiger partial charge in [0.1, 0.15) is 6.04 Å². The summed E-state index contributed by atoms with van der Waals surface area (Å²) >= 11 is 0. The molecular weight excluding hydrogens is 226 g/mol. The number of carboxylic acids is 1. The van der Waals surface area contributed by atoms with E-state index in [4.69, 9.17) is 0 Å². The van der Waals surface area contributed by atoms with Gasteiger partial charge in [-0.25, -0.2) is 4.79 Å². The Morgan fingerprint density at radius 1 is 1.28 bits per heavy atom. The fourth-order valence-corrected chi connectivity index (χ4v) is 1.96. The highest BCUT2D eigenvalue weighted by atomic mass is 16.4. The molecule has 0 heterocycles. The zero-order chi connectivity index (χ0) is 13.4. The average Bonchev–Trinajstić information content (AvgIpc) is 2.35.